The molecule has 2 N–H and O–H groups in total. The molecule has 1 aromatic heterocycles. The Bertz CT molecular complexity index is 1170. The Hall–Kier alpha value is -3.68. The van der Waals surface area contributed by atoms with Crippen molar-refractivity contribution in [3.8, 4) is 0 Å². The van der Waals surface area contributed by atoms with Gasteiger partial charge in [0.2, 0.25) is 5.91 Å². The van der Waals surface area contributed by atoms with Gasteiger partial charge in [-0.15, -0.1) is 0 Å². The molecule has 4 rings (SSSR count). The van der Waals surface area contributed by atoms with Crippen LogP contribution in [0.1, 0.15) is 25.8 Å². The van der Waals surface area contributed by atoms with E-state index in [-0.39, 0.29) is 0 Å². The molecule has 160 valence electrons. The number of nitrogens with one attached hydrogen (secondary N) is 2. The quantitative estimate of drug-likeness (QED) is 0.596. The van der Waals surface area contributed by atoms with Crippen LogP contribution >= 0.6 is 0 Å². The van der Waals surface area contributed by atoms with Gasteiger partial charge in [0.25, 0.3) is 5.91 Å². The van der Waals surface area contributed by atoms with Crippen molar-refractivity contribution in [2.45, 2.75) is 32.4 Å². The van der Waals surface area contributed by atoms with Crippen molar-refractivity contribution in [3.05, 3.63) is 66.1 Å². The first-order valence-corrected chi connectivity index (χ1v) is 10.1. The van der Waals surface area contributed by atoms with Crippen molar-refractivity contribution < 1.29 is 18.8 Å². The summed E-state index contributed by atoms with van der Waals surface area (Å²) in [5, 5.41) is 6.34. The lowest BCUT2D eigenvalue weighted by molar-refractivity contribution is -0.133. The van der Waals surface area contributed by atoms with Crippen LogP contribution in [0.2, 0.25) is 0 Å². The molecule has 0 bridgehead atoms. The van der Waals surface area contributed by atoms with Gasteiger partial charge >= 0.3 is 6.03 Å². The summed E-state index contributed by atoms with van der Waals surface area (Å²) in [6, 6.07) is 12.2. The molecule has 4 amide bonds. The topological polar surface area (TPSA) is 83.4 Å². The average Bonchev–Trinajstić information content (AvgIpc) is 3.23. The van der Waals surface area contributed by atoms with E-state index in [1.165, 1.54) is 31.2 Å². The Morgan fingerprint density at radius 2 is 1.87 bits per heavy atom. The predicted octanol–water partition coefficient (Wildman–Crippen LogP) is 3.60. The first-order chi connectivity index (χ1) is 14.8. The molecule has 7 nitrogen and oxygen atoms in total. The number of carbonyl (C=O) groups is 3. The van der Waals surface area contributed by atoms with Gasteiger partial charge in [-0.2, -0.15) is 0 Å². The van der Waals surface area contributed by atoms with E-state index in [0.29, 0.717) is 11.3 Å². The number of halogens is 1. The number of fused-ring (bicyclic) bond motifs is 1. The highest BCUT2D eigenvalue weighted by atomic mass is 19.1. The maximum absolute atomic E-state index is 13.2. The minimum Gasteiger partial charge on any atom is -0.347 e. The molecule has 2 aromatic carbocycles. The van der Waals surface area contributed by atoms with Crippen LogP contribution in [-0.4, -0.2) is 33.9 Å². The Balaban J connectivity index is 1.47. The molecule has 0 saturated carbocycles. The molecule has 8 heteroatoms. The summed E-state index contributed by atoms with van der Waals surface area (Å²) in [5.74, 6) is -1.49. The van der Waals surface area contributed by atoms with E-state index in [2.05, 4.69) is 22.1 Å². The van der Waals surface area contributed by atoms with Crippen LogP contribution in [0.15, 0.2) is 54.7 Å². The van der Waals surface area contributed by atoms with Gasteiger partial charge in [-0.3, -0.25) is 14.5 Å². The molecular formula is C23H23FN4O3. The molecule has 1 atom stereocenters. The van der Waals surface area contributed by atoms with Crippen molar-refractivity contribution in [2.75, 3.05) is 11.9 Å². The number of imide groups is 1. The molecule has 2 heterocycles. The lowest BCUT2D eigenvalue weighted by Crippen LogP contribution is -2.42. The lowest BCUT2D eigenvalue weighted by Gasteiger charge is -2.22. The maximum atomic E-state index is 13.2. The van der Waals surface area contributed by atoms with Crippen LogP contribution < -0.4 is 10.6 Å². The number of urea groups is 1. The number of aryl methyl sites for hydroxylation is 1. The molecule has 1 fully saturated rings. The predicted molar refractivity (Wildman–Crippen MR) is 115 cm³/mol. The second-order valence-electron chi connectivity index (χ2n) is 7.78. The molecule has 0 aliphatic carbocycles. The minimum atomic E-state index is -1.35. The third-order valence-electron chi connectivity index (χ3n) is 5.52. The van der Waals surface area contributed by atoms with Gasteiger partial charge in [0, 0.05) is 29.3 Å². The monoisotopic (exact) mass is 422 g/mol. The van der Waals surface area contributed by atoms with E-state index < -0.39 is 35.7 Å². The van der Waals surface area contributed by atoms with E-state index in [1.54, 1.807) is 6.07 Å². The van der Waals surface area contributed by atoms with Crippen molar-refractivity contribution in [1.29, 1.82) is 0 Å². The van der Waals surface area contributed by atoms with Crippen molar-refractivity contribution in [2.24, 2.45) is 0 Å². The molecule has 0 radical (unpaired) electrons. The lowest BCUT2D eigenvalue weighted by atomic mass is 9.92. The number of carbonyl (C=O) groups excluding carboxylic acids is 3. The van der Waals surface area contributed by atoms with Gasteiger partial charge in [-0.1, -0.05) is 19.1 Å². The zero-order chi connectivity index (χ0) is 22.2. The van der Waals surface area contributed by atoms with Crippen LogP contribution in [0, 0.1) is 5.82 Å². The number of amides is 4. The van der Waals surface area contributed by atoms with E-state index in [0.717, 1.165) is 28.8 Å². The summed E-state index contributed by atoms with van der Waals surface area (Å²) < 4.78 is 15.4. The summed E-state index contributed by atoms with van der Waals surface area (Å²) in [6.07, 6.45) is 3.02. The zero-order valence-corrected chi connectivity index (χ0v) is 17.3. The van der Waals surface area contributed by atoms with Gasteiger partial charge in [-0.25, -0.2) is 9.18 Å². The van der Waals surface area contributed by atoms with Crippen molar-refractivity contribution >= 4 is 34.4 Å². The van der Waals surface area contributed by atoms with Gasteiger partial charge in [0.05, 0.1) is 0 Å². The summed E-state index contributed by atoms with van der Waals surface area (Å²) in [4.78, 5) is 38.7. The highest BCUT2D eigenvalue weighted by Crippen LogP contribution is 2.29. The Labute approximate surface area is 178 Å². The third kappa shape index (κ3) is 3.76. The molecular weight excluding hydrogens is 399 g/mol. The summed E-state index contributed by atoms with van der Waals surface area (Å²) in [6.45, 7) is 4.13. The van der Waals surface area contributed by atoms with Gasteiger partial charge < -0.3 is 15.2 Å². The highest BCUT2D eigenvalue weighted by molar-refractivity contribution is 6.10. The molecule has 3 aromatic rings. The fourth-order valence-electron chi connectivity index (χ4n) is 3.88. The molecule has 0 spiro atoms. The van der Waals surface area contributed by atoms with E-state index >= 15 is 0 Å². The second-order valence-corrected chi connectivity index (χ2v) is 7.78. The number of rotatable bonds is 6. The fraction of sp³-hybridized carbons (Fsp3) is 0.261. The molecule has 1 saturated heterocycles. The van der Waals surface area contributed by atoms with E-state index in [9.17, 15) is 18.8 Å². The van der Waals surface area contributed by atoms with Crippen LogP contribution in [0.25, 0.3) is 10.9 Å². The second kappa shape index (κ2) is 7.86. The zero-order valence-electron chi connectivity index (χ0n) is 17.3. The van der Waals surface area contributed by atoms with Crippen LogP contribution in [0.4, 0.5) is 14.9 Å². The molecule has 1 aliphatic heterocycles. The van der Waals surface area contributed by atoms with E-state index in [4.69, 9.17) is 0 Å². The molecule has 1 aliphatic rings. The number of hydrogen-bond acceptors (Lipinski definition) is 3. The van der Waals surface area contributed by atoms with Crippen LogP contribution in [0.5, 0.6) is 0 Å². The van der Waals surface area contributed by atoms with Gasteiger partial charge in [0.1, 0.15) is 17.9 Å². The standard InChI is InChI=1S/C23H23FN4O3/c1-3-11-27-12-10-15-13-18(8-9-19(15)27)25-20(29)14-28-21(30)23(2,26-22(28)31)16-4-6-17(24)7-5-16/h4-10,12-13H,3,11,14H2,1-2H3,(H,25,29)(H,26,31). The van der Waals surface area contributed by atoms with Crippen LogP contribution in [0.3, 0.4) is 0 Å². The SMILES string of the molecule is CCCn1ccc2cc(NC(=O)CN3C(=O)NC(C)(c4ccc(F)cc4)C3=O)ccc21. The summed E-state index contributed by atoms with van der Waals surface area (Å²) >= 11 is 0. The molecule has 31 heavy (non-hydrogen) atoms. The Kier molecular flexibility index (Phi) is 5.22. The normalized spacial score (nSPS) is 18.5. The number of nitrogens with zero attached hydrogens (tertiary/aromatic N) is 2. The third-order valence-corrected chi connectivity index (χ3v) is 5.52. The van der Waals surface area contributed by atoms with E-state index in [1.807, 2.05) is 24.4 Å². The highest BCUT2D eigenvalue weighted by Gasteiger charge is 2.49. The minimum absolute atomic E-state index is 0.420. The summed E-state index contributed by atoms with van der Waals surface area (Å²) in [5.41, 5.74) is 0.743. The van der Waals surface area contributed by atoms with Gasteiger partial charge in [-0.05, 0) is 55.3 Å². The van der Waals surface area contributed by atoms with Gasteiger partial charge in [0.15, 0.2) is 0 Å². The maximum Gasteiger partial charge on any atom is 0.325 e. The van der Waals surface area contributed by atoms with Crippen molar-refractivity contribution in [3.63, 3.8) is 0 Å². The largest absolute Gasteiger partial charge is 0.347 e. The van der Waals surface area contributed by atoms with Crippen molar-refractivity contribution in [1.82, 2.24) is 14.8 Å². The first-order valence-electron chi connectivity index (χ1n) is 10.1. The number of aromatic nitrogens is 1. The first kappa shape index (κ1) is 20.6. The Morgan fingerprint density at radius 3 is 2.58 bits per heavy atom. The number of benzene rings is 2. The number of hydrogen-bond donors (Lipinski definition) is 2. The fourth-order valence-corrected chi connectivity index (χ4v) is 3.88. The van der Waals surface area contributed by atoms with Crippen LogP contribution in [-0.2, 0) is 21.7 Å². The molecule has 1 unspecified atom stereocenters. The number of anilines is 1. The average molecular weight is 422 g/mol. The smallest absolute Gasteiger partial charge is 0.325 e. The Morgan fingerprint density at radius 1 is 1.13 bits per heavy atom. The summed E-state index contributed by atoms with van der Waals surface area (Å²) in [7, 11) is 0.